The second kappa shape index (κ2) is 6.66. The number of para-hydroxylation sites is 1. The summed E-state index contributed by atoms with van der Waals surface area (Å²) in [6, 6.07) is 9.76. The van der Waals surface area contributed by atoms with E-state index in [0.29, 0.717) is 18.2 Å². The van der Waals surface area contributed by atoms with Crippen LogP contribution in [0.15, 0.2) is 42.9 Å². The largest absolute Gasteiger partial charge is 0.385 e. The molecule has 2 heterocycles. The molecule has 1 aliphatic heterocycles. The maximum Gasteiger partial charge on any atom is 0.276 e. The molecule has 114 valence electrons. The molecule has 2 aromatic rings. The van der Waals surface area contributed by atoms with Crippen molar-refractivity contribution in [3.05, 3.63) is 54.1 Å². The number of amides is 1. The molecule has 0 fully saturated rings. The lowest BCUT2D eigenvalue weighted by Crippen LogP contribution is -2.37. The molecule has 1 aromatic heterocycles. The van der Waals surface area contributed by atoms with E-state index < -0.39 is 0 Å². The molecule has 5 heteroatoms. The lowest BCUT2D eigenvalue weighted by atomic mass is 9.87. The summed E-state index contributed by atoms with van der Waals surface area (Å²) in [6.45, 7) is 1.44. The van der Waals surface area contributed by atoms with Crippen LogP contribution in [0.25, 0.3) is 0 Å². The van der Waals surface area contributed by atoms with E-state index in [1.54, 1.807) is 19.4 Å². The Bertz CT molecular complexity index is 645. The molecule has 1 atom stereocenters. The highest BCUT2D eigenvalue weighted by atomic mass is 16.5. The number of hydrogen-bond acceptors (Lipinski definition) is 4. The van der Waals surface area contributed by atoms with Crippen LogP contribution >= 0.6 is 0 Å². The Morgan fingerprint density at radius 2 is 2.23 bits per heavy atom. The molecule has 1 aliphatic rings. The molecule has 22 heavy (non-hydrogen) atoms. The molecule has 1 amide bonds. The first-order valence-electron chi connectivity index (χ1n) is 7.47. The number of nitrogens with zero attached hydrogens (tertiary/aromatic N) is 3. The number of carbonyl (C=O) groups excluding carboxylic acids is 1. The Labute approximate surface area is 130 Å². The van der Waals surface area contributed by atoms with E-state index in [1.165, 1.54) is 11.9 Å². The van der Waals surface area contributed by atoms with Crippen LogP contribution in [-0.2, 0) is 4.74 Å². The fourth-order valence-electron chi connectivity index (χ4n) is 2.97. The van der Waals surface area contributed by atoms with Gasteiger partial charge >= 0.3 is 0 Å². The normalized spacial score (nSPS) is 17.1. The third kappa shape index (κ3) is 2.85. The number of fused-ring (bicyclic) bond motifs is 1. The number of ether oxygens (including phenoxy) is 1. The quantitative estimate of drug-likeness (QED) is 0.870. The monoisotopic (exact) mass is 297 g/mol. The molecule has 3 rings (SSSR count). The van der Waals surface area contributed by atoms with Gasteiger partial charge in [0.25, 0.3) is 5.91 Å². The highest BCUT2D eigenvalue weighted by Gasteiger charge is 2.29. The van der Waals surface area contributed by atoms with E-state index in [4.69, 9.17) is 4.74 Å². The Morgan fingerprint density at radius 3 is 3.00 bits per heavy atom. The van der Waals surface area contributed by atoms with Crippen molar-refractivity contribution in [3.63, 3.8) is 0 Å². The number of hydrogen-bond donors (Lipinski definition) is 0. The average Bonchev–Trinajstić information content (AvgIpc) is 2.60. The summed E-state index contributed by atoms with van der Waals surface area (Å²) in [7, 11) is 1.72. The van der Waals surface area contributed by atoms with Crippen LogP contribution in [0, 0.1) is 0 Å². The molecular formula is C17H19N3O2. The van der Waals surface area contributed by atoms with Gasteiger partial charge in [0.2, 0.25) is 0 Å². The van der Waals surface area contributed by atoms with E-state index in [9.17, 15) is 4.79 Å². The highest BCUT2D eigenvalue weighted by molar-refractivity contribution is 6.05. The lowest BCUT2D eigenvalue weighted by Gasteiger charge is -2.34. The molecule has 0 aliphatic carbocycles. The van der Waals surface area contributed by atoms with Gasteiger partial charge in [-0.3, -0.25) is 4.79 Å². The minimum absolute atomic E-state index is 0.0694. The minimum Gasteiger partial charge on any atom is -0.385 e. The predicted octanol–water partition coefficient (Wildman–Crippen LogP) is 2.65. The van der Waals surface area contributed by atoms with E-state index in [0.717, 1.165) is 25.1 Å². The number of anilines is 1. The van der Waals surface area contributed by atoms with Crippen molar-refractivity contribution in [2.75, 3.05) is 25.2 Å². The van der Waals surface area contributed by atoms with Crippen molar-refractivity contribution < 1.29 is 9.53 Å². The van der Waals surface area contributed by atoms with Gasteiger partial charge in [-0.15, -0.1) is 0 Å². The third-order valence-corrected chi connectivity index (χ3v) is 4.09. The lowest BCUT2D eigenvalue weighted by molar-refractivity contribution is 0.0978. The van der Waals surface area contributed by atoms with Crippen molar-refractivity contribution in [1.82, 2.24) is 9.97 Å². The number of benzene rings is 1. The first-order chi connectivity index (χ1) is 10.8. The van der Waals surface area contributed by atoms with Gasteiger partial charge in [-0.25, -0.2) is 9.97 Å². The summed E-state index contributed by atoms with van der Waals surface area (Å²) < 4.78 is 5.21. The SMILES string of the molecule is COCCC1CCN(C(=O)c2ccncn2)c2ccccc21. The van der Waals surface area contributed by atoms with Gasteiger partial charge in [-0.2, -0.15) is 0 Å². The van der Waals surface area contributed by atoms with Gasteiger partial charge in [0.05, 0.1) is 0 Å². The second-order valence-electron chi connectivity index (χ2n) is 5.38. The molecular weight excluding hydrogens is 278 g/mol. The second-order valence-corrected chi connectivity index (χ2v) is 5.38. The average molecular weight is 297 g/mol. The number of carbonyl (C=O) groups is 1. The fourth-order valence-corrected chi connectivity index (χ4v) is 2.97. The molecule has 1 unspecified atom stereocenters. The maximum atomic E-state index is 12.7. The van der Waals surface area contributed by atoms with Crippen LogP contribution in [0.1, 0.15) is 34.8 Å². The highest BCUT2D eigenvalue weighted by Crippen LogP contribution is 2.37. The van der Waals surface area contributed by atoms with Gasteiger partial charge in [0.1, 0.15) is 12.0 Å². The van der Waals surface area contributed by atoms with Gasteiger partial charge in [-0.05, 0) is 36.5 Å². The van der Waals surface area contributed by atoms with Crippen LogP contribution in [0.4, 0.5) is 5.69 Å². The zero-order chi connectivity index (χ0) is 15.4. The molecule has 0 saturated heterocycles. The predicted molar refractivity (Wildman–Crippen MR) is 84.0 cm³/mol. The van der Waals surface area contributed by atoms with Gasteiger partial charge in [0.15, 0.2) is 0 Å². The first-order valence-corrected chi connectivity index (χ1v) is 7.47. The first kappa shape index (κ1) is 14.7. The van der Waals surface area contributed by atoms with Gasteiger partial charge in [0, 0.05) is 32.1 Å². The van der Waals surface area contributed by atoms with E-state index in [1.807, 2.05) is 23.1 Å². The number of rotatable bonds is 4. The fraction of sp³-hybridized carbons (Fsp3) is 0.353. The van der Waals surface area contributed by atoms with Crippen LogP contribution in [0.5, 0.6) is 0 Å². The minimum atomic E-state index is -0.0694. The van der Waals surface area contributed by atoms with Gasteiger partial charge in [-0.1, -0.05) is 18.2 Å². The molecule has 0 N–H and O–H groups in total. The topological polar surface area (TPSA) is 55.3 Å². The van der Waals surface area contributed by atoms with Crippen LogP contribution in [0.2, 0.25) is 0 Å². The van der Waals surface area contributed by atoms with Crippen molar-refractivity contribution in [2.24, 2.45) is 0 Å². The summed E-state index contributed by atoms with van der Waals surface area (Å²) in [5.41, 5.74) is 2.63. The summed E-state index contributed by atoms with van der Waals surface area (Å²) in [5, 5.41) is 0. The molecule has 1 aromatic carbocycles. The standard InChI is InChI=1S/C17H19N3O2/c1-22-11-8-13-7-10-20(16-5-3-2-4-14(13)16)17(21)15-6-9-18-12-19-15/h2-6,9,12-13H,7-8,10-11H2,1H3. The maximum absolute atomic E-state index is 12.7. The zero-order valence-electron chi connectivity index (χ0n) is 12.6. The zero-order valence-corrected chi connectivity index (χ0v) is 12.6. The van der Waals surface area contributed by atoms with E-state index >= 15 is 0 Å². The molecule has 0 saturated carbocycles. The van der Waals surface area contributed by atoms with Crippen molar-refractivity contribution >= 4 is 11.6 Å². The summed E-state index contributed by atoms with van der Waals surface area (Å²) in [4.78, 5) is 22.5. The number of aromatic nitrogens is 2. The van der Waals surface area contributed by atoms with E-state index in [2.05, 4.69) is 16.0 Å². The molecule has 5 nitrogen and oxygen atoms in total. The molecule has 0 bridgehead atoms. The van der Waals surface area contributed by atoms with Crippen LogP contribution < -0.4 is 4.90 Å². The van der Waals surface area contributed by atoms with Crippen LogP contribution in [0.3, 0.4) is 0 Å². The summed E-state index contributed by atoms with van der Waals surface area (Å²) in [5.74, 6) is 0.366. The van der Waals surface area contributed by atoms with Gasteiger partial charge < -0.3 is 9.64 Å². The van der Waals surface area contributed by atoms with Crippen molar-refractivity contribution in [3.8, 4) is 0 Å². The Morgan fingerprint density at radius 1 is 1.36 bits per heavy atom. The third-order valence-electron chi connectivity index (χ3n) is 4.09. The summed E-state index contributed by atoms with van der Waals surface area (Å²) >= 11 is 0. The van der Waals surface area contributed by atoms with Crippen molar-refractivity contribution in [2.45, 2.75) is 18.8 Å². The number of methoxy groups -OCH3 is 1. The van der Waals surface area contributed by atoms with E-state index in [-0.39, 0.29) is 5.91 Å². The molecule has 0 spiro atoms. The van der Waals surface area contributed by atoms with Crippen molar-refractivity contribution in [1.29, 1.82) is 0 Å². The smallest absolute Gasteiger partial charge is 0.276 e. The Balaban J connectivity index is 1.89. The van der Waals surface area contributed by atoms with Crippen LogP contribution in [-0.4, -0.2) is 36.1 Å². The summed E-state index contributed by atoms with van der Waals surface area (Å²) in [6.07, 6.45) is 4.92. The molecule has 0 radical (unpaired) electrons. The Hall–Kier alpha value is -2.27. The Kier molecular flexibility index (Phi) is 4.44.